The summed E-state index contributed by atoms with van der Waals surface area (Å²) in [6, 6.07) is 27.0. The van der Waals surface area contributed by atoms with Crippen molar-refractivity contribution in [2.75, 3.05) is 22.8 Å². The molecule has 0 spiro atoms. The number of anilines is 2. The van der Waals surface area contributed by atoms with E-state index in [0.717, 1.165) is 26.3 Å². The minimum atomic E-state index is -4.02. The van der Waals surface area contributed by atoms with Crippen LogP contribution in [0.3, 0.4) is 0 Å². The molecule has 0 heterocycles. The molecule has 5 rings (SSSR count). The zero-order chi connectivity index (χ0) is 26.0. The molecule has 1 aliphatic carbocycles. The van der Waals surface area contributed by atoms with E-state index in [1.54, 1.807) is 36.4 Å². The second-order valence-electron chi connectivity index (χ2n) is 8.65. The maximum atomic E-state index is 13.6. The number of sulfonamides is 1. The first-order chi connectivity index (χ1) is 17.8. The number of amides is 1. The highest BCUT2D eigenvalue weighted by molar-refractivity contribution is 9.10. The normalized spacial score (nSPS) is 11.9. The molecule has 6 nitrogen and oxygen atoms in total. The quantitative estimate of drug-likeness (QED) is 0.237. The van der Waals surface area contributed by atoms with Crippen molar-refractivity contribution in [2.45, 2.75) is 18.2 Å². The second-order valence-corrected chi connectivity index (χ2v) is 11.4. The Hall–Kier alpha value is -3.62. The van der Waals surface area contributed by atoms with Gasteiger partial charge in [0, 0.05) is 10.2 Å². The molecule has 0 bridgehead atoms. The van der Waals surface area contributed by atoms with Gasteiger partial charge in [0.25, 0.3) is 10.0 Å². The third kappa shape index (κ3) is 5.26. The number of hydrogen-bond donors (Lipinski definition) is 1. The summed E-state index contributed by atoms with van der Waals surface area (Å²) in [5.74, 6) is 0.177. The zero-order valence-corrected chi connectivity index (χ0v) is 22.6. The number of carbonyl (C=O) groups is 1. The van der Waals surface area contributed by atoms with Gasteiger partial charge >= 0.3 is 0 Å². The molecule has 0 aliphatic heterocycles. The van der Waals surface area contributed by atoms with Gasteiger partial charge in [-0.2, -0.15) is 0 Å². The van der Waals surface area contributed by atoms with Crippen molar-refractivity contribution in [3.8, 4) is 16.9 Å². The van der Waals surface area contributed by atoms with Crippen LogP contribution in [0.15, 0.2) is 100 Å². The summed E-state index contributed by atoms with van der Waals surface area (Å²) in [5, 5.41) is 2.89. The van der Waals surface area contributed by atoms with Crippen LogP contribution in [0.2, 0.25) is 0 Å². The minimum Gasteiger partial charge on any atom is -0.494 e. The third-order valence-electron chi connectivity index (χ3n) is 6.21. The van der Waals surface area contributed by atoms with Crippen LogP contribution in [0.1, 0.15) is 18.1 Å². The lowest BCUT2D eigenvalue weighted by molar-refractivity contribution is -0.114. The van der Waals surface area contributed by atoms with Crippen molar-refractivity contribution >= 4 is 43.2 Å². The van der Waals surface area contributed by atoms with Gasteiger partial charge in [-0.05, 0) is 96.3 Å². The number of hydrogen-bond acceptors (Lipinski definition) is 4. The fraction of sp³-hybridized carbons (Fsp3) is 0.138. The molecule has 188 valence electrons. The first-order valence-corrected chi connectivity index (χ1v) is 14.1. The monoisotopic (exact) mass is 576 g/mol. The zero-order valence-electron chi connectivity index (χ0n) is 20.1. The smallest absolute Gasteiger partial charge is 0.264 e. The predicted octanol–water partition coefficient (Wildman–Crippen LogP) is 6.25. The molecule has 0 saturated heterocycles. The maximum Gasteiger partial charge on any atom is 0.264 e. The highest BCUT2D eigenvalue weighted by atomic mass is 79.9. The standard InChI is InChI=1S/C29H25BrN2O4S/c1-2-36-25-13-11-24(12-14-25)32(37(34,35)26-15-8-22(30)9-16-26)19-29(33)31-23-10-7-21-17-20-5-3-4-6-27(20)28(21)18-23/h3-16,18H,2,17,19H2,1H3,(H,31,33). The van der Waals surface area contributed by atoms with Crippen LogP contribution in [-0.4, -0.2) is 27.5 Å². The number of ether oxygens (including phenoxy) is 1. The largest absolute Gasteiger partial charge is 0.494 e. The van der Waals surface area contributed by atoms with Gasteiger partial charge in [0.15, 0.2) is 0 Å². The van der Waals surface area contributed by atoms with E-state index in [1.807, 2.05) is 37.3 Å². The highest BCUT2D eigenvalue weighted by Crippen LogP contribution is 2.38. The fourth-order valence-electron chi connectivity index (χ4n) is 4.46. The van der Waals surface area contributed by atoms with E-state index in [9.17, 15) is 13.2 Å². The Labute approximate surface area is 225 Å². The molecule has 0 aromatic heterocycles. The van der Waals surface area contributed by atoms with Crippen molar-refractivity contribution in [1.82, 2.24) is 0 Å². The van der Waals surface area contributed by atoms with E-state index in [2.05, 4.69) is 33.4 Å². The van der Waals surface area contributed by atoms with E-state index in [-0.39, 0.29) is 11.4 Å². The Morgan fingerprint density at radius 2 is 1.62 bits per heavy atom. The van der Waals surface area contributed by atoms with Gasteiger partial charge in [0.2, 0.25) is 5.91 Å². The second kappa shape index (κ2) is 10.4. The molecular weight excluding hydrogens is 552 g/mol. The van der Waals surface area contributed by atoms with E-state index in [0.29, 0.717) is 23.7 Å². The van der Waals surface area contributed by atoms with Crippen LogP contribution < -0.4 is 14.4 Å². The van der Waals surface area contributed by atoms with Crippen LogP contribution in [-0.2, 0) is 21.2 Å². The van der Waals surface area contributed by atoms with Gasteiger partial charge in [-0.25, -0.2) is 8.42 Å². The topological polar surface area (TPSA) is 75.7 Å². The van der Waals surface area contributed by atoms with E-state index in [4.69, 9.17) is 4.74 Å². The summed E-state index contributed by atoms with van der Waals surface area (Å²) in [4.78, 5) is 13.3. The highest BCUT2D eigenvalue weighted by Gasteiger charge is 2.28. The molecule has 1 aliphatic rings. The molecule has 4 aromatic carbocycles. The molecule has 8 heteroatoms. The average Bonchev–Trinajstić information content (AvgIpc) is 3.26. The van der Waals surface area contributed by atoms with Crippen molar-refractivity contribution in [2.24, 2.45) is 0 Å². The average molecular weight is 578 g/mol. The van der Waals surface area contributed by atoms with Gasteiger partial charge < -0.3 is 10.1 Å². The maximum absolute atomic E-state index is 13.6. The van der Waals surface area contributed by atoms with Crippen LogP contribution in [0.4, 0.5) is 11.4 Å². The summed E-state index contributed by atoms with van der Waals surface area (Å²) in [7, 11) is -4.02. The molecule has 0 atom stereocenters. The predicted molar refractivity (Wildman–Crippen MR) is 150 cm³/mol. The van der Waals surface area contributed by atoms with Crippen molar-refractivity contribution in [1.29, 1.82) is 0 Å². The Morgan fingerprint density at radius 3 is 2.35 bits per heavy atom. The molecule has 0 unspecified atom stereocenters. The molecule has 1 N–H and O–H groups in total. The number of carbonyl (C=O) groups excluding carboxylic acids is 1. The SMILES string of the molecule is CCOc1ccc(N(CC(=O)Nc2ccc3c(c2)-c2ccccc2C3)S(=O)(=O)c2ccc(Br)cc2)cc1. The first kappa shape index (κ1) is 25.0. The lowest BCUT2D eigenvalue weighted by Gasteiger charge is -2.24. The lowest BCUT2D eigenvalue weighted by Crippen LogP contribution is -2.38. The fourth-order valence-corrected chi connectivity index (χ4v) is 6.14. The molecule has 37 heavy (non-hydrogen) atoms. The van der Waals surface area contributed by atoms with Crippen molar-refractivity contribution in [3.63, 3.8) is 0 Å². The van der Waals surface area contributed by atoms with Crippen molar-refractivity contribution < 1.29 is 17.9 Å². The number of fused-ring (bicyclic) bond motifs is 3. The van der Waals surface area contributed by atoms with Gasteiger partial charge in [0.1, 0.15) is 12.3 Å². The minimum absolute atomic E-state index is 0.0894. The summed E-state index contributed by atoms with van der Waals surface area (Å²) >= 11 is 3.34. The third-order valence-corrected chi connectivity index (χ3v) is 8.52. The Kier molecular flexibility index (Phi) is 7.04. The van der Waals surface area contributed by atoms with Crippen LogP contribution in [0.5, 0.6) is 5.75 Å². The number of rotatable bonds is 8. The van der Waals surface area contributed by atoms with Crippen molar-refractivity contribution in [3.05, 3.63) is 107 Å². The lowest BCUT2D eigenvalue weighted by atomic mass is 10.1. The number of nitrogens with one attached hydrogen (secondary N) is 1. The van der Waals surface area contributed by atoms with Crippen LogP contribution >= 0.6 is 15.9 Å². The van der Waals surface area contributed by atoms with Gasteiger partial charge in [-0.1, -0.05) is 46.3 Å². The number of benzene rings is 4. The summed E-state index contributed by atoms with van der Waals surface area (Å²) in [6.07, 6.45) is 0.858. The first-order valence-electron chi connectivity index (χ1n) is 11.9. The van der Waals surface area contributed by atoms with Crippen LogP contribution in [0.25, 0.3) is 11.1 Å². The van der Waals surface area contributed by atoms with Gasteiger partial charge in [-0.3, -0.25) is 9.10 Å². The molecule has 4 aromatic rings. The Bertz CT molecular complexity index is 1550. The van der Waals surface area contributed by atoms with E-state index < -0.39 is 15.9 Å². The Morgan fingerprint density at radius 1 is 0.919 bits per heavy atom. The van der Waals surface area contributed by atoms with Gasteiger partial charge in [-0.15, -0.1) is 0 Å². The van der Waals surface area contributed by atoms with E-state index >= 15 is 0 Å². The molecular formula is C29H25BrN2O4S. The van der Waals surface area contributed by atoms with E-state index in [1.165, 1.54) is 23.3 Å². The molecule has 0 radical (unpaired) electrons. The number of nitrogens with zero attached hydrogens (tertiary/aromatic N) is 1. The number of halogens is 1. The molecule has 0 saturated carbocycles. The van der Waals surface area contributed by atoms with Gasteiger partial charge in [0.05, 0.1) is 17.2 Å². The summed E-state index contributed by atoms with van der Waals surface area (Å²) < 4.78 is 34.6. The molecule has 0 fully saturated rings. The Balaban J connectivity index is 1.42. The van der Waals surface area contributed by atoms with Crippen LogP contribution in [0, 0.1) is 0 Å². The summed E-state index contributed by atoms with van der Waals surface area (Å²) in [5.41, 5.74) is 5.68. The molecule has 1 amide bonds. The summed E-state index contributed by atoms with van der Waals surface area (Å²) in [6.45, 7) is 1.98.